The van der Waals surface area contributed by atoms with E-state index in [1.54, 1.807) is 12.1 Å². The second kappa shape index (κ2) is 6.13. The zero-order valence-electron chi connectivity index (χ0n) is 14.0. The number of nitrogens with zero attached hydrogens (tertiary/aromatic N) is 2. The van der Waals surface area contributed by atoms with Crippen LogP contribution >= 0.6 is 11.3 Å². The van der Waals surface area contributed by atoms with E-state index in [0.29, 0.717) is 27.3 Å². The van der Waals surface area contributed by atoms with E-state index in [2.05, 4.69) is 4.98 Å². The zero-order chi connectivity index (χ0) is 20.2. The summed E-state index contributed by atoms with van der Waals surface area (Å²) in [4.78, 5) is 45.5. The van der Waals surface area contributed by atoms with Crippen molar-refractivity contribution in [2.45, 2.75) is 13.1 Å². The average molecular weight is 406 g/mol. The maximum absolute atomic E-state index is 12.8. The Morgan fingerprint density at radius 3 is 2.25 bits per heavy atom. The number of hydrogen-bond acceptors (Lipinski definition) is 6. The maximum atomic E-state index is 12.8. The summed E-state index contributed by atoms with van der Waals surface area (Å²) < 4.78 is 38.5. The summed E-state index contributed by atoms with van der Waals surface area (Å²) in [5.41, 5.74) is -0.529. The summed E-state index contributed by atoms with van der Waals surface area (Å²) in [6.07, 6.45) is -4.62. The maximum Gasteiger partial charge on any atom is 0.433 e. The number of benzene rings is 1. The molecular formula is C18H9F3N2O4S. The van der Waals surface area contributed by atoms with Crippen molar-refractivity contribution >= 4 is 39.3 Å². The third-order valence-corrected chi connectivity index (χ3v) is 5.39. The van der Waals surface area contributed by atoms with Crippen LogP contribution in [0.5, 0.6) is 0 Å². The molecule has 28 heavy (non-hydrogen) atoms. The summed E-state index contributed by atoms with van der Waals surface area (Å²) in [7, 11) is 0. The number of aryl methyl sites for hydroxylation is 1. The van der Waals surface area contributed by atoms with Crippen molar-refractivity contribution in [3.63, 3.8) is 0 Å². The number of hydrogen-bond donors (Lipinski definition) is 0. The van der Waals surface area contributed by atoms with Gasteiger partial charge in [-0.25, -0.2) is 9.78 Å². The second-order valence-corrected chi connectivity index (χ2v) is 6.93. The van der Waals surface area contributed by atoms with Crippen molar-refractivity contribution in [3.8, 4) is 0 Å². The summed E-state index contributed by atoms with van der Waals surface area (Å²) in [6, 6.07) is 8.02. The van der Waals surface area contributed by atoms with Crippen molar-refractivity contribution in [3.05, 3.63) is 63.7 Å². The molecule has 3 heterocycles. The van der Waals surface area contributed by atoms with E-state index in [1.807, 2.05) is 0 Å². The molecule has 0 bridgehead atoms. The molecule has 1 aliphatic heterocycles. The molecule has 1 aliphatic rings. The third kappa shape index (κ3) is 2.73. The molecule has 0 saturated carbocycles. The van der Waals surface area contributed by atoms with Gasteiger partial charge in [0, 0.05) is 5.39 Å². The Hall–Kier alpha value is -3.27. The smallest absolute Gasteiger partial charge is 0.323 e. The molecule has 3 aromatic rings. The third-order valence-electron chi connectivity index (χ3n) is 4.21. The van der Waals surface area contributed by atoms with Gasteiger partial charge in [0.15, 0.2) is 0 Å². The number of carbonyl (C=O) groups is 3. The van der Waals surface area contributed by atoms with Gasteiger partial charge < -0.3 is 4.84 Å². The van der Waals surface area contributed by atoms with E-state index in [9.17, 15) is 27.6 Å². The number of imide groups is 1. The van der Waals surface area contributed by atoms with Gasteiger partial charge in [-0.05, 0) is 36.8 Å². The first kappa shape index (κ1) is 18.1. The molecule has 2 amide bonds. The quantitative estimate of drug-likeness (QED) is 0.602. The van der Waals surface area contributed by atoms with Crippen LogP contribution in [0.4, 0.5) is 13.2 Å². The predicted octanol–water partition coefficient (Wildman–Crippen LogP) is 3.99. The number of pyridine rings is 1. The summed E-state index contributed by atoms with van der Waals surface area (Å²) in [6.45, 7) is 1.52. The molecular weight excluding hydrogens is 397 g/mol. The van der Waals surface area contributed by atoms with Crippen LogP contribution in [0.1, 0.15) is 41.6 Å². The van der Waals surface area contributed by atoms with Crippen molar-refractivity contribution < 1.29 is 32.4 Å². The lowest BCUT2D eigenvalue weighted by atomic mass is 10.1. The van der Waals surface area contributed by atoms with Crippen molar-refractivity contribution in [1.82, 2.24) is 10.0 Å². The molecule has 6 nitrogen and oxygen atoms in total. The van der Waals surface area contributed by atoms with Gasteiger partial charge in [0.2, 0.25) is 0 Å². The predicted molar refractivity (Wildman–Crippen MR) is 91.7 cm³/mol. The normalized spacial score (nSPS) is 13.9. The van der Waals surface area contributed by atoms with Crippen LogP contribution in [0.25, 0.3) is 10.2 Å². The highest BCUT2D eigenvalue weighted by molar-refractivity contribution is 7.20. The summed E-state index contributed by atoms with van der Waals surface area (Å²) in [5.74, 6) is -2.60. The summed E-state index contributed by atoms with van der Waals surface area (Å²) >= 11 is 0.697. The Morgan fingerprint density at radius 2 is 1.68 bits per heavy atom. The Kier molecular flexibility index (Phi) is 3.96. The highest BCUT2D eigenvalue weighted by Crippen LogP contribution is 2.35. The Labute approximate surface area is 159 Å². The molecule has 0 radical (unpaired) electrons. The molecule has 10 heteroatoms. The Balaban J connectivity index is 1.66. The SMILES string of the molecule is Cc1c(C(=O)ON2C(=O)c3ccccc3C2=O)sc2nc(C(F)(F)F)ccc12. The standard InChI is InChI=1S/C18H9F3N2O4S/c1-8-9-6-7-12(18(19,20)21)22-14(9)28-13(8)17(26)27-23-15(24)10-4-2-3-5-11(10)16(23)25/h2-7H,1H3. The number of alkyl halides is 3. The molecule has 0 unspecified atom stereocenters. The van der Waals surface area contributed by atoms with Crippen LogP contribution in [0.3, 0.4) is 0 Å². The van der Waals surface area contributed by atoms with Gasteiger partial charge in [0.1, 0.15) is 15.4 Å². The first-order chi connectivity index (χ1) is 13.2. The number of halogens is 3. The van der Waals surface area contributed by atoms with Gasteiger partial charge in [-0.2, -0.15) is 13.2 Å². The molecule has 4 rings (SSSR count). The molecule has 0 atom stereocenters. The van der Waals surface area contributed by atoms with Gasteiger partial charge in [-0.15, -0.1) is 11.3 Å². The van der Waals surface area contributed by atoms with E-state index >= 15 is 0 Å². The van der Waals surface area contributed by atoms with Crippen LogP contribution in [0.15, 0.2) is 36.4 Å². The van der Waals surface area contributed by atoms with Crippen LogP contribution in [-0.4, -0.2) is 27.8 Å². The van der Waals surface area contributed by atoms with Gasteiger partial charge in [-0.1, -0.05) is 17.2 Å². The van der Waals surface area contributed by atoms with Gasteiger partial charge in [0.25, 0.3) is 11.8 Å². The van der Waals surface area contributed by atoms with Crippen LogP contribution < -0.4 is 0 Å². The molecule has 2 aromatic heterocycles. The number of rotatable bonds is 2. The van der Waals surface area contributed by atoms with E-state index in [1.165, 1.54) is 25.1 Å². The fraction of sp³-hybridized carbons (Fsp3) is 0.111. The topological polar surface area (TPSA) is 76.6 Å². The van der Waals surface area contributed by atoms with E-state index in [-0.39, 0.29) is 20.8 Å². The molecule has 142 valence electrons. The van der Waals surface area contributed by atoms with E-state index in [4.69, 9.17) is 4.84 Å². The van der Waals surface area contributed by atoms with E-state index < -0.39 is 29.7 Å². The summed E-state index contributed by atoms with van der Waals surface area (Å²) in [5, 5.41) is 0.707. The monoisotopic (exact) mass is 406 g/mol. The van der Waals surface area contributed by atoms with Crippen molar-refractivity contribution in [2.24, 2.45) is 0 Å². The largest absolute Gasteiger partial charge is 0.433 e. The van der Waals surface area contributed by atoms with Crippen molar-refractivity contribution in [2.75, 3.05) is 0 Å². The number of aromatic nitrogens is 1. The van der Waals surface area contributed by atoms with Crippen LogP contribution in [0, 0.1) is 6.92 Å². The number of amides is 2. The average Bonchev–Trinajstić information content (AvgIpc) is 3.11. The molecule has 0 aliphatic carbocycles. The van der Waals surface area contributed by atoms with Crippen LogP contribution in [-0.2, 0) is 11.0 Å². The van der Waals surface area contributed by atoms with Crippen molar-refractivity contribution in [1.29, 1.82) is 0 Å². The van der Waals surface area contributed by atoms with Gasteiger partial charge in [-0.3, -0.25) is 9.59 Å². The lowest BCUT2D eigenvalue weighted by Crippen LogP contribution is -2.32. The molecule has 0 saturated heterocycles. The number of fused-ring (bicyclic) bond motifs is 2. The zero-order valence-corrected chi connectivity index (χ0v) is 14.9. The van der Waals surface area contributed by atoms with E-state index in [0.717, 1.165) is 6.07 Å². The fourth-order valence-corrected chi connectivity index (χ4v) is 3.88. The molecule has 0 spiro atoms. The van der Waals surface area contributed by atoms with Gasteiger partial charge >= 0.3 is 12.1 Å². The number of hydroxylamine groups is 2. The molecule has 0 N–H and O–H groups in total. The molecule has 0 fully saturated rings. The Morgan fingerprint density at radius 1 is 1.07 bits per heavy atom. The first-order valence-corrected chi connectivity index (χ1v) is 8.67. The fourth-order valence-electron chi connectivity index (χ4n) is 2.83. The Bertz CT molecular complexity index is 1130. The minimum atomic E-state index is -4.62. The van der Waals surface area contributed by atoms with Gasteiger partial charge in [0.05, 0.1) is 11.1 Å². The second-order valence-electron chi connectivity index (χ2n) is 5.93. The lowest BCUT2D eigenvalue weighted by Gasteiger charge is -2.12. The highest BCUT2D eigenvalue weighted by atomic mass is 32.1. The lowest BCUT2D eigenvalue weighted by molar-refractivity contribution is -0.140. The number of carbonyl (C=O) groups excluding carboxylic acids is 3. The first-order valence-electron chi connectivity index (χ1n) is 7.86. The minimum absolute atomic E-state index is 0.00151. The molecule has 1 aromatic carbocycles. The van der Waals surface area contributed by atoms with Crippen LogP contribution in [0.2, 0.25) is 0 Å². The highest BCUT2D eigenvalue weighted by Gasteiger charge is 2.39. The minimum Gasteiger partial charge on any atom is -0.323 e. The number of thiophene rings is 1.